The summed E-state index contributed by atoms with van der Waals surface area (Å²) >= 11 is 0. The molecular formula is C17H11N3O3. The van der Waals surface area contributed by atoms with Gasteiger partial charge in [0.2, 0.25) is 0 Å². The van der Waals surface area contributed by atoms with Crippen LogP contribution in [0.5, 0.6) is 0 Å². The minimum absolute atomic E-state index is 0.302. The molecule has 0 spiro atoms. The smallest absolute Gasteiger partial charge is 0.274 e. The highest BCUT2D eigenvalue weighted by molar-refractivity contribution is 5.96. The first kappa shape index (κ1) is 13.4. The summed E-state index contributed by atoms with van der Waals surface area (Å²) in [5.41, 5.74) is 4.46. The van der Waals surface area contributed by atoms with Crippen LogP contribution in [0.25, 0.3) is 33.5 Å². The number of fused-ring (bicyclic) bond motifs is 2. The van der Waals surface area contributed by atoms with E-state index in [4.69, 9.17) is 9.62 Å². The molecule has 4 aromatic rings. The first-order valence-electron chi connectivity index (χ1n) is 6.95. The summed E-state index contributed by atoms with van der Waals surface area (Å²) in [5.74, 6) is 0.0143. The largest absolute Gasteiger partial charge is 0.454 e. The van der Waals surface area contributed by atoms with Gasteiger partial charge in [-0.1, -0.05) is 18.2 Å². The summed E-state index contributed by atoms with van der Waals surface area (Å²) in [6.07, 6.45) is 1.63. The molecule has 112 valence electrons. The predicted molar refractivity (Wildman–Crippen MR) is 84.0 cm³/mol. The summed E-state index contributed by atoms with van der Waals surface area (Å²) in [6, 6.07) is 14.4. The number of carbonyl (C=O) groups excluding carboxylic acids is 1. The molecule has 0 saturated carbocycles. The van der Waals surface area contributed by atoms with Gasteiger partial charge in [0, 0.05) is 10.9 Å². The van der Waals surface area contributed by atoms with E-state index in [-0.39, 0.29) is 0 Å². The van der Waals surface area contributed by atoms with Crippen molar-refractivity contribution >= 4 is 27.9 Å². The lowest BCUT2D eigenvalue weighted by molar-refractivity contribution is 0.0706. The van der Waals surface area contributed by atoms with Crippen LogP contribution in [0, 0.1) is 0 Å². The Morgan fingerprint density at radius 1 is 1.09 bits per heavy atom. The van der Waals surface area contributed by atoms with Crippen LogP contribution in [0.3, 0.4) is 0 Å². The number of hydrogen-bond donors (Lipinski definition) is 2. The number of carbonyl (C=O) groups is 1. The topological polar surface area (TPSA) is 88.2 Å². The van der Waals surface area contributed by atoms with Crippen molar-refractivity contribution in [2.45, 2.75) is 0 Å². The molecule has 0 fully saturated rings. The second-order valence-corrected chi connectivity index (χ2v) is 5.05. The number of nitrogens with zero attached hydrogens (tertiary/aromatic N) is 2. The zero-order valence-corrected chi connectivity index (χ0v) is 11.9. The Kier molecular flexibility index (Phi) is 3.03. The summed E-state index contributed by atoms with van der Waals surface area (Å²) < 4.78 is 5.78. The standard InChI is InChI=1S/C17H11N3O3/c21-17(20-22)11-5-6-12-13(7-11)19-14(9-18-12)16-8-10-3-1-2-4-15(10)23-16/h1-9,22H,(H,20,21). The van der Waals surface area contributed by atoms with Crippen LogP contribution in [0.2, 0.25) is 0 Å². The molecule has 2 aromatic heterocycles. The molecule has 2 heterocycles. The van der Waals surface area contributed by atoms with Crippen molar-refractivity contribution in [2.24, 2.45) is 0 Å². The van der Waals surface area contributed by atoms with E-state index in [1.54, 1.807) is 29.9 Å². The molecule has 4 rings (SSSR count). The maximum atomic E-state index is 11.5. The Bertz CT molecular complexity index is 1010. The third kappa shape index (κ3) is 2.31. The summed E-state index contributed by atoms with van der Waals surface area (Å²) in [5, 5.41) is 9.71. The number of para-hydroxylation sites is 1. The van der Waals surface area contributed by atoms with Gasteiger partial charge >= 0.3 is 0 Å². The number of hydrogen-bond acceptors (Lipinski definition) is 5. The van der Waals surface area contributed by atoms with Crippen LogP contribution in [0.15, 0.2) is 59.1 Å². The molecule has 0 aliphatic rings. The quantitative estimate of drug-likeness (QED) is 0.438. The second kappa shape index (κ2) is 5.19. The highest BCUT2D eigenvalue weighted by Gasteiger charge is 2.11. The Morgan fingerprint density at radius 2 is 1.96 bits per heavy atom. The summed E-state index contributed by atoms with van der Waals surface area (Å²) in [6.45, 7) is 0. The monoisotopic (exact) mass is 305 g/mol. The van der Waals surface area contributed by atoms with Gasteiger partial charge in [-0.15, -0.1) is 0 Å². The fourth-order valence-electron chi connectivity index (χ4n) is 2.44. The first-order chi connectivity index (χ1) is 11.2. The highest BCUT2D eigenvalue weighted by atomic mass is 16.5. The number of furan rings is 1. The van der Waals surface area contributed by atoms with Gasteiger partial charge in [0.05, 0.1) is 17.2 Å². The average molecular weight is 305 g/mol. The number of rotatable bonds is 2. The number of benzene rings is 2. The van der Waals surface area contributed by atoms with Gasteiger partial charge in [0.1, 0.15) is 11.3 Å². The first-order valence-corrected chi connectivity index (χ1v) is 6.95. The van der Waals surface area contributed by atoms with E-state index in [1.165, 1.54) is 0 Å². The lowest BCUT2D eigenvalue weighted by Gasteiger charge is -2.02. The molecule has 1 amide bonds. The average Bonchev–Trinajstić information content (AvgIpc) is 3.04. The fourth-order valence-corrected chi connectivity index (χ4v) is 2.44. The van der Waals surface area contributed by atoms with Crippen LogP contribution in [-0.4, -0.2) is 21.1 Å². The third-order valence-corrected chi connectivity index (χ3v) is 3.58. The van der Waals surface area contributed by atoms with Crippen molar-refractivity contribution in [1.82, 2.24) is 15.4 Å². The predicted octanol–water partition coefficient (Wildman–Crippen LogP) is 3.16. The zero-order valence-electron chi connectivity index (χ0n) is 11.9. The van der Waals surface area contributed by atoms with Gasteiger partial charge in [-0.25, -0.2) is 10.5 Å². The fraction of sp³-hybridized carbons (Fsp3) is 0. The normalized spacial score (nSPS) is 11.0. The SMILES string of the molecule is O=C(NO)c1ccc2ncc(-c3cc4ccccc4o3)nc2c1. The van der Waals surface area contributed by atoms with Crippen molar-refractivity contribution in [3.05, 3.63) is 60.3 Å². The third-order valence-electron chi connectivity index (χ3n) is 3.58. The van der Waals surface area contributed by atoms with E-state index in [0.29, 0.717) is 28.1 Å². The molecule has 0 bridgehead atoms. The van der Waals surface area contributed by atoms with Gasteiger partial charge in [-0.3, -0.25) is 15.0 Å². The van der Waals surface area contributed by atoms with Crippen molar-refractivity contribution in [1.29, 1.82) is 0 Å². The number of hydroxylamine groups is 1. The van der Waals surface area contributed by atoms with Crippen LogP contribution in [0.1, 0.15) is 10.4 Å². The number of aromatic nitrogens is 2. The molecule has 0 radical (unpaired) electrons. The van der Waals surface area contributed by atoms with E-state index >= 15 is 0 Å². The van der Waals surface area contributed by atoms with Crippen LogP contribution in [-0.2, 0) is 0 Å². The molecule has 0 unspecified atom stereocenters. The lowest BCUT2D eigenvalue weighted by Crippen LogP contribution is -2.18. The Balaban J connectivity index is 1.85. The maximum Gasteiger partial charge on any atom is 0.274 e. The van der Waals surface area contributed by atoms with Gasteiger partial charge in [0.25, 0.3) is 5.91 Å². The molecule has 23 heavy (non-hydrogen) atoms. The van der Waals surface area contributed by atoms with Gasteiger partial charge in [0.15, 0.2) is 5.76 Å². The Labute approximate surface area is 130 Å². The van der Waals surface area contributed by atoms with E-state index in [1.807, 2.05) is 30.3 Å². The van der Waals surface area contributed by atoms with E-state index < -0.39 is 5.91 Å². The van der Waals surface area contributed by atoms with Crippen LogP contribution >= 0.6 is 0 Å². The highest BCUT2D eigenvalue weighted by Crippen LogP contribution is 2.27. The Morgan fingerprint density at radius 3 is 2.78 bits per heavy atom. The molecule has 2 N–H and O–H groups in total. The van der Waals surface area contributed by atoms with Crippen molar-refractivity contribution in [3.63, 3.8) is 0 Å². The van der Waals surface area contributed by atoms with Crippen molar-refractivity contribution in [2.75, 3.05) is 0 Å². The van der Waals surface area contributed by atoms with Crippen LogP contribution in [0.4, 0.5) is 0 Å². The summed E-state index contributed by atoms with van der Waals surface area (Å²) in [7, 11) is 0. The molecule has 0 atom stereocenters. The molecule has 2 aromatic carbocycles. The minimum atomic E-state index is -0.595. The maximum absolute atomic E-state index is 11.5. The van der Waals surface area contributed by atoms with Gasteiger partial charge in [-0.2, -0.15) is 0 Å². The number of amides is 1. The van der Waals surface area contributed by atoms with Gasteiger partial charge < -0.3 is 4.42 Å². The van der Waals surface area contributed by atoms with E-state index in [2.05, 4.69) is 9.97 Å². The van der Waals surface area contributed by atoms with E-state index in [9.17, 15) is 4.79 Å². The second-order valence-electron chi connectivity index (χ2n) is 5.05. The molecule has 0 aliphatic carbocycles. The molecule has 0 aliphatic heterocycles. The summed E-state index contributed by atoms with van der Waals surface area (Å²) in [4.78, 5) is 20.3. The molecular weight excluding hydrogens is 294 g/mol. The van der Waals surface area contributed by atoms with E-state index in [0.717, 1.165) is 11.0 Å². The molecule has 6 nitrogen and oxygen atoms in total. The van der Waals surface area contributed by atoms with Crippen LogP contribution < -0.4 is 5.48 Å². The Hall–Kier alpha value is -3.25. The number of nitrogens with one attached hydrogen (secondary N) is 1. The van der Waals surface area contributed by atoms with Crippen molar-refractivity contribution in [3.8, 4) is 11.5 Å². The molecule has 6 heteroatoms. The van der Waals surface area contributed by atoms with Crippen molar-refractivity contribution < 1.29 is 14.4 Å². The molecule has 0 saturated heterocycles. The minimum Gasteiger partial charge on any atom is -0.454 e. The lowest BCUT2D eigenvalue weighted by atomic mass is 10.2. The van der Waals surface area contributed by atoms with Gasteiger partial charge in [-0.05, 0) is 30.3 Å². The zero-order chi connectivity index (χ0) is 15.8.